The van der Waals surface area contributed by atoms with Gasteiger partial charge in [0.2, 0.25) is 0 Å². The van der Waals surface area contributed by atoms with E-state index in [1.807, 2.05) is 24.1 Å². The molecule has 0 spiro atoms. The van der Waals surface area contributed by atoms with Crippen molar-refractivity contribution in [2.45, 2.75) is 69.1 Å². The summed E-state index contributed by atoms with van der Waals surface area (Å²) in [5, 5.41) is 10.3. The van der Waals surface area contributed by atoms with Crippen molar-refractivity contribution in [2.24, 2.45) is 5.92 Å². The van der Waals surface area contributed by atoms with Crippen LogP contribution in [0.3, 0.4) is 0 Å². The molecule has 0 radical (unpaired) electrons. The van der Waals surface area contributed by atoms with Crippen molar-refractivity contribution in [2.75, 3.05) is 18.8 Å². The summed E-state index contributed by atoms with van der Waals surface area (Å²) in [5.74, 6) is 3.69. The molecule has 0 N–H and O–H groups in total. The van der Waals surface area contributed by atoms with Crippen LogP contribution in [0.5, 0.6) is 0 Å². The predicted octanol–water partition coefficient (Wildman–Crippen LogP) is 5.11. The predicted molar refractivity (Wildman–Crippen MR) is 113 cm³/mol. The Morgan fingerprint density at radius 3 is 2.68 bits per heavy atom. The molecular formula is C22H32N4OS. The Labute approximate surface area is 172 Å². The molecule has 2 fully saturated rings. The number of furan rings is 1. The van der Waals surface area contributed by atoms with Crippen LogP contribution in [0.4, 0.5) is 0 Å². The largest absolute Gasteiger partial charge is 0.472 e. The number of thioether (sulfide) groups is 1. The molecular weight excluding hydrogens is 368 g/mol. The first-order valence-corrected chi connectivity index (χ1v) is 11.7. The first-order chi connectivity index (χ1) is 13.8. The molecule has 2 aromatic rings. The summed E-state index contributed by atoms with van der Waals surface area (Å²) >= 11 is 1.90. The van der Waals surface area contributed by atoms with Crippen LogP contribution in [0.25, 0.3) is 0 Å². The van der Waals surface area contributed by atoms with Crippen LogP contribution in [0.2, 0.25) is 0 Å². The third-order valence-corrected chi connectivity index (χ3v) is 7.37. The summed E-state index contributed by atoms with van der Waals surface area (Å²) in [6.07, 6.45) is 14.8. The Bertz CT molecular complexity index is 728. The molecule has 1 saturated heterocycles. The zero-order valence-corrected chi connectivity index (χ0v) is 17.6. The van der Waals surface area contributed by atoms with Gasteiger partial charge < -0.3 is 8.98 Å². The molecule has 2 aromatic heterocycles. The minimum atomic E-state index is 0.497. The summed E-state index contributed by atoms with van der Waals surface area (Å²) in [6.45, 7) is 7.95. The van der Waals surface area contributed by atoms with Crippen LogP contribution in [-0.2, 0) is 13.1 Å². The van der Waals surface area contributed by atoms with E-state index in [9.17, 15) is 0 Å². The van der Waals surface area contributed by atoms with E-state index in [1.54, 1.807) is 6.26 Å². The second-order valence-electron chi connectivity index (χ2n) is 8.24. The van der Waals surface area contributed by atoms with Crippen LogP contribution >= 0.6 is 11.8 Å². The Morgan fingerprint density at radius 1 is 1.14 bits per heavy atom. The van der Waals surface area contributed by atoms with Gasteiger partial charge in [-0.15, -0.1) is 16.8 Å². The lowest BCUT2D eigenvalue weighted by molar-refractivity contribution is 0.199. The fraction of sp³-hybridized carbons (Fsp3) is 0.636. The standard InChI is InChI=1S/C22H32N4OS/c1-2-11-26-21(23-24-22(26)28-17-18-6-4-3-5-7-18)20-8-12-25(13-9-20)15-19-10-14-27-16-19/h2,10,14,16,18,20H,1,3-9,11-13,15,17H2. The third kappa shape index (κ3) is 4.90. The van der Waals surface area contributed by atoms with Crippen molar-refractivity contribution in [1.82, 2.24) is 19.7 Å². The Morgan fingerprint density at radius 2 is 1.96 bits per heavy atom. The number of likely N-dealkylation sites (tertiary alicyclic amines) is 1. The number of hydrogen-bond acceptors (Lipinski definition) is 5. The second-order valence-corrected chi connectivity index (χ2v) is 9.22. The van der Waals surface area contributed by atoms with Crippen LogP contribution in [0, 0.1) is 5.92 Å². The van der Waals surface area contributed by atoms with E-state index in [4.69, 9.17) is 4.42 Å². The molecule has 28 heavy (non-hydrogen) atoms. The van der Waals surface area contributed by atoms with Gasteiger partial charge in [0, 0.05) is 30.3 Å². The molecule has 5 nitrogen and oxygen atoms in total. The summed E-state index contributed by atoms with van der Waals surface area (Å²) in [7, 11) is 0. The second kappa shape index (κ2) is 9.79. The number of allylic oxidation sites excluding steroid dienone is 1. The van der Waals surface area contributed by atoms with Gasteiger partial charge in [-0.25, -0.2) is 0 Å². The van der Waals surface area contributed by atoms with Gasteiger partial charge in [0.25, 0.3) is 0 Å². The lowest BCUT2D eigenvalue weighted by Gasteiger charge is -2.31. The summed E-state index contributed by atoms with van der Waals surface area (Å²) in [5.41, 5.74) is 1.26. The van der Waals surface area contributed by atoms with Gasteiger partial charge in [-0.2, -0.15) is 0 Å². The van der Waals surface area contributed by atoms with Crippen LogP contribution < -0.4 is 0 Å². The highest BCUT2D eigenvalue weighted by molar-refractivity contribution is 7.99. The quantitative estimate of drug-likeness (QED) is 0.455. The number of rotatable bonds is 8. The average Bonchev–Trinajstić information content (AvgIpc) is 3.38. The molecule has 0 aromatic carbocycles. The molecule has 0 amide bonds. The summed E-state index contributed by atoms with van der Waals surface area (Å²) < 4.78 is 7.51. The lowest BCUT2D eigenvalue weighted by atomic mass is 9.91. The SMILES string of the molecule is C=CCn1c(SCC2CCCCC2)nnc1C1CCN(Cc2ccoc2)CC1. The van der Waals surface area contributed by atoms with Crippen LogP contribution in [0.15, 0.2) is 40.8 Å². The van der Waals surface area contributed by atoms with E-state index >= 15 is 0 Å². The van der Waals surface area contributed by atoms with E-state index < -0.39 is 0 Å². The van der Waals surface area contributed by atoms with E-state index in [0.29, 0.717) is 5.92 Å². The number of hydrogen-bond donors (Lipinski definition) is 0. The first kappa shape index (κ1) is 19.8. The molecule has 6 heteroatoms. The first-order valence-electron chi connectivity index (χ1n) is 10.7. The van der Waals surface area contributed by atoms with Crippen molar-refractivity contribution in [3.05, 3.63) is 42.6 Å². The van der Waals surface area contributed by atoms with E-state index in [-0.39, 0.29) is 0 Å². The van der Waals surface area contributed by atoms with Crippen molar-refractivity contribution in [1.29, 1.82) is 0 Å². The fourth-order valence-electron chi connectivity index (χ4n) is 4.55. The highest BCUT2D eigenvalue weighted by Gasteiger charge is 2.26. The molecule has 3 heterocycles. The normalized spacial score (nSPS) is 19.9. The molecule has 0 unspecified atom stereocenters. The van der Waals surface area contributed by atoms with E-state index in [0.717, 1.165) is 55.9 Å². The zero-order valence-electron chi connectivity index (χ0n) is 16.8. The highest BCUT2D eigenvalue weighted by Crippen LogP contribution is 2.33. The van der Waals surface area contributed by atoms with Crippen molar-refractivity contribution in [3.8, 4) is 0 Å². The number of aromatic nitrogens is 3. The lowest BCUT2D eigenvalue weighted by Crippen LogP contribution is -2.33. The maximum Gasteiger partial charge on any atom is 0.191 e. The van der Waals surface area contributed by atoms with Crippen LogP contribution in [-0.4, -0.2) is 38.5 Å². The molecule has 4 rings (SSSR count). The molecule has 0 bridgehead atoms. The maximum atomic E-state index is 5.20. The third-order valence-electron chi connectivity index (χ3n) is 6.17. The number of nitrogens with zero attached hydrogens (tertiary/aromatic N) is 4. The smallest absolute Gasteiger partial charge is 0.191 e. The van der Waals surface area contributed by atoms with Crippen molar-refractivity contribution < 1.29 is 4.42 Å². The summed E-state index contributed by atoms with van der Waals surface area (Å²) in [4.78, 5) is 2.51. The molecule has 1 aliphatic heterocycles. The Hall–Kier alpha value is -1.53. The van der Waals surface area contributed by atoms with E-state index in [1.165, 1.54) is 43.4 Å². The van der Waals surface area contributed by atoms with E-state index in [2.05, 4.69) is 32.3 Å². The monoisotopic (exact) mass is 400 g/mol. The molecule has 1 aliphatic carbocycles. The molecule has 1 saturated carbocycles. The zero-order chi connectivity index (χ0) is 19.2. The Kier molecular flexibility index (Phi) is 6.91. The summed E-state index contributed by atoms with van der Waals surface area (Å²) in [6, 6.07) is 2.06. The highest BCUT2D eigenvalue weighted by atomic mass is 32.2. The molecule has 2 aliphatic rings. The van der Waals surface area contributed by atoms with Gasteiger partial charge in [-0.05, 0) is 50.8 Å². The van der Waals surface area contributed by atoms with Crippen LogP contribution in [0.1, 0.15) is 62.3 Å². The van der Waals surface area contributed by atoms with Gasteiger partial charge in [-0.1, -0.05) is 37.1 Å². The van der Waals surface area contributed by atoms with Crippen molar-refractivity contribution in [3.63, 3.8) is 0 Å². The van der Waals surface area contributed by atoms with Crippen molar-refractivity contribution >= 4 is 11.8 Å². The minimum absolute atomic E-state index is 0.497. The van der Waals surface area contributed by atoms with Gasteiger partial charge in [0.05, 0.1) is 12.5 Å². The average molecular weight is 401 g/mol. The fourth-order valence-corrected chi connectivity index (χ4v) is 5.69. The Balaban J connectivity index is 1.36. The molecule has 0 atom stereocenters. The van der Waals surface area contributed by atoms with Gasteiger partial charge >= 0.3 is 0 Å². The van der Waals surface area contributed by atoms with Gasteiger partial charge in [0.15, 0.2) is 5.16 Å². The number of piperidine rings is 1. The maximum absolute atomic E-state index is 5.20. The minimum Gasteiger partial charge on any atom is -0.472 e. The van der Waals surface area contributed by atoms with Gasteiger partial charge in [0.1, 0.15) is 5.82 Å². The van der Waals surface area contributed by atoms with Gasteiger partial charge in [-0.3, -0.25) is 4.90 Å². The topological polar surface area (TPSA) is 47.1 Å². The molecule has 152 valence electrons.